The van der Waals surface area contributed by atoms with Crippen LogP contribution in [0.25, 0.3) is 0 Å². The van der Waals surface area contributed by atoms with Gasteiger partial charge in [-0.15, -0.1) is 0 Å². The molecule has 6 heteroatoms. The lowest BCUT2D eigenvalue weighted by Gasteiger charge is -2.29. The Bertz CT molecular complexity index is 1200. The van der Waals surface area contributed by atoms with Crippen LogP contribution in [0.2, 0.25) is 5.02 Å². The van der Waals surface area contributed by atoms with Gasteiger partial charge in [-0.3, -0.25) is 9.79 Å². The number of carbonyl (C=O) groups excluding carboxylic acids is 1. The van der Waals surface area contributed by atoms with Gasteiger partial charge in [-0.1, -0.05) is 23.7 Å². The first-order chi connectivity index (χ1) is 14.5. The molecule has 0 saturated heterocycles. The molecule has 2 aliphatic rings. The minimum absolute atomic E-state index is 0.0283. The summed E-state index contributed by atoms with van der Waals surface area (Å²) in [6, 6.07) is 15.0. The van der Waals surface area contributed by atoms with Crippen molar-refractivity contribution in [3.63, 3.8) is 0 Å². The molecular weight excluding hydrogens is 406 g/mol. The Morgan fingerprint density at radius 2 is 1.77 bits per heavy atom. The van der Waals surface area contributed by atoms with Crippen LogP contribution in [-0.2, 0) is 30.8 Å². The molecule has 5 rings (SSSR count). The van der Waals surface area contributed by atoms with Gasteiger partial charge in [0.1, 0.15) is 11.6 Å². The first kappa shape index (κ1) is 18.9. The zero-order chi connectivity index (χ0) is 20.8. The summed E-state index contributed by atoms with van der Waals surface area (Å²) in [6.45, 7) is 1.39. The summed E-state index contributed by atoms with van der Waals surface area (Å²) in [5.74, 6) is -0.725. The third kappa shape index (κ3) is 3.39. The monoisotopic (exact) mass is 422 g/mol. The topological polar surface area (TPSA) is 32.7 Å². The number of aliphatic imine (C=N–C) groups is 1. The van der Waals surface area contributed by atoms with Crippen LogP contribution in [0.3, 0.4) is 0 Å². The van der Waals surface area contributed by atoms with Crippen LogP contribution in [0.15, 0.2) is 59.6 Å². The number of fused-ring (bicyclic) bond motifs is 2. The van der Waals surface area contributed by atoms with Crippen molar-refractivity contribution in [1.29, 1.82) is 0 Å². The van der Waals surface area contributed by atoms with Gasteiger partial charge in [-0.2, -0.15) is 0 Å². The number of benzene rings is 3. The summed E-state index contributed by atoms with van der Waals surface area (Å²) in [5.41, 5.74) is 6.70. The van der Waals surface area contributed by atoms with Gasteiger partial charge >= 0.3 is 0 Å². The lowest BCUT2D eigenvalue weighted by atomic mass is 9.91. The number of hydrogen-bond donors (Lipinski definition) is 0. The van der Waals surface area contributed by atoms with Crippen molar-refractivity contribution in [1.82, 2.24) is 4.90 Å². The van der Waals surface area contributed by atoms with Gasteiger partial charge in [-0.05, 0) is 64.7 Å². The molecule has 2 heterocycles. The summed E-state index contributed by atoms with van der Waals surface area (Å²) in [7, 11) is 0. The molecule has 3 aromatic rings. The third-order valence-corrected chi connectivity index (χ3v) is 5.91. The third-order valence-electron chi connectivity index (χ3n) is 5.62. The maximum atomic E-state index is 13.4. The Kier molecular flexibility index (Phi) is 4.63. The van der Waals surface area contributed by atoms with E-state index >= 15 is 0 Å². The average molecular weight is 423 g/mol. The largest absolute Gasteiger partial charge is 0.334 e. The van der Waals surface area contributed by atoms with Crippen molar-refractivity contribution in [3.05, 3.63) is 105 Å². The van der Waals surface area contributed by atoms with Gasteiger partial charge in [0.25, 0.3) is 0 Å². The van der Waals surface area contributed by atoms with Gasteiger partial charge in [0, 0.05) is 24.2 Å². The highest BCUT2D eigenvalue weighted by Gasteiger charge is 2.27. The molecular formula is C24H17ClF2N2O. The summed E-state index contributed by atoms with van der Waals surface area (Å²) < 4.78 is 26.7. The van der Waals surface area contributed by atoms with E-state index in [0.717, 1.165) is 39.1 Å². The molecule has 0 aliphatic carbocycles. The molecule has 0 saturated carbocycles. The summed E-state index contributed by atoms with van der Waals surface area (Å²) >= 11 is 5.88. The van der Waals surface area contributed by atoms with Crippen LogP contribution in [0.4, 0.5) is 8.78 Å². The number of nitrogens with zero attached hydrogens (tertiary/aromatic N) is 2. The summed E-state index contributed by atoms with van der Waals surface area (Å²) in [5, 5.41) is 0.0512. The Balaban J connectivity index is 1.44. The fourth-order valence-electron chi connectivity index (χ4n) is 4.08. The fraction of sp³-hybridized carbons (Fsp3) is 0.167. The quantitative estimate of drug-likeness (QED) is 0.581. The molecule has 30 heavy (non-hydrogen) atoms. The van der Waals surface area contributed by atoms with E-state index in [2.05, 4.69) is 17.1 Å². The van der Waals surface area contributed by atoms with Crippen molar-refractivity contribution in [2.75, 3.05) is 0 Å². The lowest BCUT2D eigenvalue weighted by Crippen LogP contribution is -2.35. The second kappa shape index (κ2) is 7.33. The minimum Gasteiger partial charge on any atom is -0.334 e. The van der Waals surface area contributed by atoms with Crippen molar-refractivity contribution in [3.8, 4) is 0 Å². The van der Waals surface area contributed by atoms with E-state index in [9.17, 15) is 13.6 Å². The molecule has 0 atom stereocenters. The zero-order valence-corrected chi connectivity index (χ0v) is 16.7. The SMILES string of the molecule is O=C1Cc2cc3c(cc2CN1Cc1ccc(F)c(Cl)c1)C(c1ccc(F)cc1)=NC3. The van der Waals surface area contributed by atoms with Crippen LogP contribution in [0, 0.1) is 11.6 Å². The molecule has 2 aliphatic heterocycles. The molecule has 3 aromatic carbocycles. The van der Waals surface area contributed by atoms with Gasteiger partial charge in [0.05, 0.1) is 23.7 Å². The first-order valence-electron chi connectivity index (χ1n) is 9.65. The van der Waals surface area contributed by atoms with E-state index in [0.29, 0.717) is 26.1 Å². The predicted octanol–water partition coefficient (Wildman–Crippen LogP) is 5.05. The summed E-state index contributed by atoms with van der Waals surface area (Å²) in [6.07, 6.45) is 0.323. The molecule has 1 amide bonds. The number of amides is 1. The highest BCUT2D eigenvalue weighted by molar-refractivity contribution is 6.30. The zero-order valence-electron chi connectivity index (χ0n) is 16.0. The highest BCUT2D eigenvalue weighted by atomic mass is 35.5. The first-order valence-corrected chi connectivity index (χ1v) is 10.0. The van der Waals surface area contributed by atoms with Crippen molar-refractivity contribution in [2.45, 2.75) is 26.1 Å². The predicted molar refractivity (Wildman–Crippen MR) is 112 cm³/mol. The van der Waals surface area contributed by atoms with E-state index in [1.165, 1.54) is 18.2 Å². The van der Waals surface area contributed by atoms with E-state index in [-0.39, 0.29) is 16.7 Å². The van der Waals surface area contributed by atoms with Crippen LogP contribution in [-0.4, -0.2) is 16.5 Å². The molecule has 3 nitrogen and oxygen atoms in total. The fourth-order valence-corrected chi connectivity index (χ4v) is 4.28. The highest BCUT2D eigenvalue weighted by Crippen LogP contribution is 2.31. The second-order valence-corrected chi connectivity index (χ2v) is 8.03. The maximum absolute atomic E-state index is 13.4. The Morgan fingerprint density at radius 1 is 0.967 bits per heavy atom. The van der Waals surface area contributed by atoms with Crippen LogP contribution in [0.1, 0.15) is 33.4 Å². The molecule has 0 bridgehead atoms. The molecule has 0 fully saturated rings. The molecule has 0 N–H and O–H groups in total. The lowest BCUT2D eigenvalue weighted by molar-refractivity contribution is -0.132. The van der Waals surface area contributed by atoms with E-state index in [4.69, 9.17) is 11.6 Å². The normalized spacial score (nSPS) is 15.1. The number of hydrogen-bond acceptors (Lipinski definition) is 2. The Hall–Kier alpha value is -3.05. The van der Waals surface area contributed by atoms with Crippen LogP contribution < -0.4 is 0 Å². The Morgan fingerprint density at radius 3 is 2.53 bits per heavy atom. The molecule has 0 aromatic heterocycles. The second-order valence-electron chi connectivity index (χ2n) is 7.62. The molecule has 0 spiro atoms. The van der Waals surface area contributed by atoms with E-state index in [1.54, 1.807) is 29.2 Å². The van der Waals surface area contributed by atoms with Gasteiger partial charge < -0.3 is 4.90 Å². The van der Waals surface area contributed by atoms with E-state index in [1.807, 2.05) is 0 Å². The van der Waals surface area contributed by atoms with Gasteiger partial charge in [0.2, 0.25) is 5.91 Å². The number of halogens is 3. The molecule has 150 valence electrons. The van der Waals surface area contributed by atoms with Crippen LogP contribution in [0.5, 0.6) is 0 Å². The summed E-state index contributed by atoms with van der Waals surface area (Å²) in [4.78, 5) is 19.1. The molecule has 0 unspecified atom stereocenters. The van der Waals surface area contributed by atoms with Crippen LogP contribution >= 0.6 is 11.6 Å². The standard InChI is InChI=1S/C24H17ClF2N2O/c25-21-7-14(1-6-22(21)27)12-29-13-18-9-20-17(8-16(18)10-23(29)30)11-28-24(20)15-2-4-19(26)5-3-15/h1-9H,10-13H2. The number of rotatable bonds is 3. The maximum Gasteiger partial charge on any atom is 0.227 e. The minimum atomic E-state index is -0.473. The van der Waals surface area contributed by atoms with Crippen molar-refractivity contribution in [2.24, 2.45) is 4.99 Å². The Labute approximate surface area is 177 Å². The van der Waals surface area contributed by atoms with E-state index < -0.39 is 5.82 Å². The van der Waals surface area contributed by atoms with Crippen molar-refractivity contribution >= 4 is 23.2 Å². The number of carbonyl (C=O) groups is 1. The molecule has 0 radical (unpaired) electrons. The van der Waals surface area contributed by atoms with Crippen molar-refractivity contribution < 1.29 is 13.6 Å². The average Bonchev–Trinajstić information content (AvgIpc) is 3.13. The van der Waals surface area contributed by atoms with Gasteiger partial charge in [-0.25, -0.2) is 8.78 Å². The van der Waals surface area contributed by atoms with Gasteiger partial charge in [0.15, 0.2) is 0 Å². The smallest absolute Gasteiger partial charge is 0.227 e.